The summed E-state index contributed by atoms with van der Waals surface area (Å²) in [5.41, 5.74) is 8.53. The number of hydrogen-bond acceptors (Lipinski definition) is 1. The Balaban J connectivity index is 0.00000160. The molecule has 0 saturated carbocycles. The van der Waals surface area contributed by atoms with Gasteiger partial charge in [-0.2, -0.15) is 0 Å². The predicted molar refractivity (Wildman–Crippen MR) is 116 cm³/mol. The van der Waals surface area contributed by atoms with Gasteiger partial charge in [0.1, 0.15) is 0 Å². The van der Waals surface area contributed by atoms with Crippen molar-refractivity contribution < 1.29 is 47.0 Å². The second-order valence-electron chi connectivity index (χ2n) is 7.94. The molecule has 0 unspecified atom stereocenters. The molecule has 1 aliphatic rings. The van der Waals surface area contributed by atoms with Gasteiger partial charge >= 0.3 is 175 Å². The van der Waals surface area contributed by atoms with Crippen LogP contribution in [0.1, 0.15) is 36.8 Å². The van der Waals surface area contributed by atoms with Crippen LogP contribution in [0.15, 0.2) is 66.7 Å². The first-order chi connectivity index (χ1) is 13.5. The summed E-state index contributed by atoms with van der Waals surface area (Å²) in [6.45, 7) is 7.85. The van der Waals surface area contributed by atoms with Crippen molar-refractivity contribution in [3.8, 4) is 11.1 Å². The van der Waals surface area contributed by atoms with Crippen LogP contribution < -0.4 is 28.6 Å². The summed E-state index contributed by atoms with van der Waals surface area (Å²) in [6.07, 6.45) is 0. The maximum Gasteiger partial charge on any atom is -1.00 e. The van der Waals surface area contributed by atoms with Gasteiger partial charge in [-0.3, -0.25) is 0 Å². The molecule has 6 heteroatoms. The molecule has 30 heavy (non-hydrogen) atoms. The van der Waals surface area contributed by atoms with Gasteiger partial charge in [-0.05, 0) is 0 Å². The topological polar surface area (TPSA) is 29.1 Å². The van der Waals surface area contributed by atoms with E-state index in [9.17, 15) is 4.79 Å². The van der Waals surface area contributed by atoms with Crippen molar-refractivity contribution in [1.29, 1.82) is 0 Å². The van der Waals surface area contributed by atoms with Gasteiger partial charge < -0.3 is 24.8 Å². The van der Waals surface area contributed by atoms with E-state index in [1.54, 1.807) is 0 Å². The van der Waals surface area contributed by atoms with Crippen molar-refractivity contribution in [3.05, 3.63) is 94.5 Å². The smallest absolute Gasteiger partial charge is 1.00 e. The fourth-order valence-corrected chi connectivity index (χ4v) is 14.5. The van der Waals surface area contributed by atoms with E-state index in [1.807, 2.05) is 32.0 Å². The minimum atomic E-state index is -1.91. The monoisotopic (exact) mass is 490 g/mol. The number of benzene rings is 3. The molecule has 0 saturated heterocycles. The largest absolute Gasteiger partial charge is 1.00 e. The van der Waals surface area contributed by atoms with Crippen LogP contribution in [-0.4, -0.2) is 12.6 Å². The van der Waals surface area contributed by atoms with E-state index in [2.05, 4.69) is 65.4 Å². The minimum Gasteiger partial charge on any atom is -1.00 e. The van der Waals surface area contributed by atoms with Crippen molar-refractivity contribution in [2.45, 2.75) is 31.2 Å². The first-order valence-electron chi connectivity index (χ1n) is 9.91. The van der Waals surface area contributed by atoms with Gasteiger partial charge in [0.15, 0.2) is 0 Å². The Morgan fingerprint density at radius 2 is 1.27 bits per heavy atom. The van der Waals surface area contributed by atoms with Crippen molar-refractivity contribution in [3.63, 3.8) is 0 Å². The summed E-state index contributed by atoms with van der Waals surface area (Å²) in [5.74, 6) is 0.133. The van der Waals surface area contributed by atoms with Gasteiger partial charge in [-0.15, -0.1) is 0 Å². The Labute approximate surface area is 199 Å². The molecule has 0 atom stereocenters. The van der Waals surface area contributed by atoms with E-state index in [0.29, 0.717) is 4.22 Å². The molecule has 0 spiro atoms. The van der Waals surface area contributed by atoms with Gasteiger partial charge in [0.2, 0.25) is 0 Å². The summed E-state index contributed by atoms with van der Waals surface area (Å²) >= 11 is -1.91. The number of halogens is 2. The van der Waals surface area contributed by atoms with Crippen LogP contribution in [0.25, 0.3) is 11.1 Å². The molecule has 4 rings (SSSR count). The van der Waals surface area contributed by atoms with Crippen LogP contribution in [0.3, 0.4) is 0 Å². The molecule has 155 valence electrons. The van der Waals surface area contributed by atoms with Crippen molar-refractivity contribution >= 4 is 12.6 Å². The number of hydrogen-bond donors (Lipinski definition) is 1. The van der Waals surface area contributed by atoms with E-state index in [4.69, 9.17) is 0 Å². The zero-order valence-electron chi connectivity index (χ0n) is 17.7. The quantitative estimate of drug-likeness (QED) is 0.483. The van der Waals surface area contributed by atoms with E-state index in [-0.39, 0.29) is 30.7 Å². The third-order valence-corrected chi connectivity index (χ3v) is 17.5. The second kappa shape index (κ2) is 10.3. The summed E-state index contributed by atoms with van der Waals surface area (Å²) < 4.78 is 4.02. The Bertz CT molecular complexity index is 991. The molecule has 1 aliphatic carbocycles. The molecule has 0 heterocycles. The molecule has 0 aliphatic heterocycles. The molecular weight excluding hydrogens is 465 g/mol. The van der Waals surface area contributed by atoms with Crippen LogP contribution in [0.2, 0.25) is 13.1 Å². The summed E-state index contributed by atoms with van der Waals surface area (Å²) in [5, 5.41) is 0. The van der Waals surface area contributed by atoms with Gasteiger partial charge in [-0.1, -0.05) is 0 Å². The standard InChI is InChI=1S/C13H9.C9H11NO.C2H7Si.2ClH.Ti/c1-3-7-12-10(5-1)9-11-6-2-4-8-13(11)12;1-6-4-3-5-7(2)8(6)9(10)11;1-3-2;;;/h1-9H;3-5H,1-2H3,(H2,10,11);3H,1-2H3;2*1H;/q;;;;;+3/p-3. The molecule has 2 nitrogen and oxygen atoms in total. The number of carbonyl (C=O) groups excluding carboxylic acids is 1. The van der Waals surface area contributed by atoms with E-state index in [0.717, 1.165) is 16.7 Å². The predicted octanol–water partition coefficient (Wildman–Crippen LogP) is -0.672. The van der Waals surface area contributed by atoms with Crippen LogP contribution in [0.5, 0.6) is 0 Å². The van der Waals surface area contributed by atoms with Gasteiger partial charge in [0, 0.05) is 0 Å². The first kappa shape index (κ1) is 24.9. The summed E-state index contributed by atoms with van der Waals surface area (Å²) in [4.78, 5) is 13.3. The molecule has 3 aromatic rings. The summed E-state index contributed by atoms with van der Waals surface area (Å²) in [6, 6.07) is 23.6. The maximum absolute atomic E-state index is 13.3. The molecule has 0 radical (unpaired) electrons. The van der Waals surface area contributed by atoms with Crippen molar-refractivity contribution in [2.24, 2.45) is 0 Å². The van der Waals surface area contributed by atoms with Crippen LogP contribution in [-0.2, 0) is 17.4 Å². The Morgan fingerprint density at radius 3 is 1.73 bits per heavy atom. The number of fused-ring (bicyclic) bond motifs is 3. The first-order valence-corrected chi connectivity index (χ1v) is 17.2. The van der Waals surface area contributed by atoms with E-state index in [1.165, 1.54) is 22.3 Å². The Hall–Kier alpha value is -1.36. The summed E-state index contributed by atoms with van der Waals surface area (Å²) in [7, 11) is 0. The third-order valence-electron chi connectivity index (χ3n) is 5.73. The molecular formula is C24H26Cl2NOSiTi. The SMILES string of the molecule is Cc1cccc(C)c1C(=O)[NH][Ti+2]([CH]1c2ccccc2-c2ccccc21)[SiH](C)C.[Cl-].[Cl-]. The average molecular weight is 491 g/mol. The molecule has 0 fully saturated rings. The van der Waals surface area contributed by atoms with Gasteiger partial charge in [0.25, 0.3) is 0 Å². The van der Waals surface area contributed by atoms with Crippen LogP contribution in [0.4, 0.5) is 0 Å². The van der Waals surface area contributed by atoms with Crippen molar-refractivity contribution in [2.75, 3.05) is 0 Å². The van der Waals surface area contributed by atoms with E-state index >= 15 is 0 Å². The number of rotatable bonds is 4. The number of aryl methyl sites for hydroxylation is 2. The van der Waals surface area contributed by atoms with Crippen LogP contribution >= 0.6 is 0 Å². The molecule has 1 N–H and O–H groups in total. The van der Waals surface area contributed by atoms with E-state index < -0.39 is 24.0 Å². The third kappa shape index (κ3) is 4.46. The Kier molecular flexibility index (Phi) is 8.55. The van der Waals surface area contributed by atoms with Crippen molar-refractivity contribution in [1.82, 2.24) is 3.80 Å². The number of nitrogens with one attached hydrogen (secondary N) is 1. The fraction of sp³-hybridized carbons (Fsp3) is 0.208. The fourth-order valence-electron chi connectivity index (χ4n) is 4.41. The van der Waals surface area contributed by atoms with Gasteiger partial charge in [0.05, 0.1) is 0 Å². The normalized spacial score (nSPS) is 11.8. The molecule has 0 bridgehead atoms. The maximum atomic E-state index is 13.3. The zero-order valence-corrected chi connectivity index (χ0v) is 21.9. The molecule has 1 amide bonds. The Morgan fingerprint density at radius 1 is 0.800 bits per heavy atom. The number of carbonyl (C=O) groups is 1. The second-order valence-corrected chi connectivity index (χ2v) is 20.9. The minimum absolute atomic E-state index is 0. The molecule has 3 aromatic carbocycles. The average Bonchev–Trinajstić information content (AvgIpc) is 3.00. The molecule has 0 aromatic heterocycles. The number of amides is 1. The van der Waals surface area contributed by atoms with Gasteiger partial charge in [-0.25, -0.2) is 0 Å². The zero-order chi connectivity index (χ0) is 19.8. The van der Waals surface area contributed by atoms with Crippen LogP contribution in [0, 0.1) is 13.8 Å².